The first-order valence-corrected chi connectivity index (χ1v) is 7.68. The number of anilines is 1. The summed E-state index contributed by atoms with van der Waals surface area (Å²) in [6, 6.07) is 19.3. The Morgan fingerprint density at radius 3 is 2.04 bits per heavy atom. The van der Waals surface area contributed by atoms with E-state index in [1.54, 1.807) is 7.11 Å². The van der Waals surface area contributed by atoms with E-state index in [1.807, 2.05) is 12.1 Å². The van der Waals surface area contributed by atoms with Crippen LogP contribution in [0.3, 0.4) is 0 Å². The van der Waals surface area contributed by atoms with Gasteiger partial charge in [0.2, 0.25) is 0 Å². The van der Waals surface area contributed by atoms with E-state index in [0.29, 0.717) is 6.04 Å². The number of hydrogen-bond acceptors (Lipinski definition) is 3. The van der Waals surface area contributed by atoms with E-state index in [9.17, 15) is 0 Å². The highest BCUT2D eigenvalue weighted by Crippen LogP contribution is 2.29. The Kier molecular flexibility index (Phi) is 7.93. The maximum atomic E-state index is 5.25. The number of halogens is 1. The van der Waals surface area contributed by atoms with Crippen LogP contribution in [0.25, 0.3) is 0 Å². The molecule has 4 heteroatoms. The lowest BCUT2D eigenvalue weighted by molar-refractivity contribution is 0.379. The fourth-order valence-electron chi connectivity index (χ4n) is 2.64. The summed E-state index contributed by atoms with van der Waals surface area (Å²) in [4.78, 5) is 4.58. The third kappa shape index (κ3) is 5.45. The summed E-state index contributed by atoms with van der Waals surface area (Å²) in [5.41, 5.74) is 2.55. The Morgan fingerprint density at radius 1 is 0.913 bits per heavy atom. The molecule has 23 heavy (non-hydrogen) atoms. The molecule has 3 nitrogen and oxygen atoms in total. The standard InChI is InChI=1S/C19H26N2O.ClH/c1-20(2)15-14-19(16-8-6-5-7-9-16)21(3)17-10-12-18(22-4)13-11-17;/h5-13,19H,14-15H2,1-4H3;1H. The average molecular weight is 335 g/mol. The molecule has 2 aromatic rings. The molecular formula is C19H27ClN2O. The van der Waals surface area contributed by atoms with E-state index in [2.05, 4.69) is 73.4 Å². The van der Waals surface area contributed by atoms with Gasteiger partial charge in [0.05, 0.1) is 13.2 Å². The highest BCUT2D eigenvalue weighted by Gasteiger charge is 2.17. The number of rotatable bonds is 7. The number of ether oxygens (including phenoxy) is 1. The Balaban J connectivity index is 0.00000264. The fraction of sp³-hybridized carbons (Fsp3) is 0.368. The molecule has 0 aliphatic carbocycles. The molecule has 0 saturated carbocycles. The highest BCUT2D eigenvalue weighted by molar-refractivity contribution is 5.85. The predicted molar refractivity (Wildman–Crippen MR) is 101 cm³/mol. The molecular weight excluding hydrogens is 308 g/mol. The second-order valence-corrected chi connectivity index (χ2v) is 5.83. The number of methoxy groups -OCH3 is 1. The maximum absolute atomic E-state index is 5.25. The molecule has 0 spiro atoms. The summed E-state index contributed by atoms with van der Waals surface area (Å²) in [6.07, 6.45) is 1.08. The normalized spacial score (nSPS) is 11.7. The van der Waals surface area contributed by atoms with Gasteiger partial charge in [0.25, 0.3) is 0 Å². The first kappa shape index (κ1) is 19.3. The number of nitrogens with zero attached hydrogens (tertiary/aromatic N) is 2. The minimum atomic E-state index is 0. The van der Waals surface area contributed by atoms with Gasteiger partial charge in [-0.1, -0.05) is 30.3 Å². The van der Waals surface area contributed by atoms with Crippen LogP contribution in [0.5, 0.6) is 5.75 Å². The van der Waals surface area contributed by atoms with Crippen LogP contribution < -0.4 is 9.64 Å². The van der Waals surface area contributed by atoms with Crippen LogP contribution in [0.4, 0.5) is 5.69 Å². The van der Waals surface area contributed by atoms with E-state index in [4.69, 9.17) is 4.74 Å². The van der Waals surface area contributed by atoms with Crippen LogP contribution in [-0.2, 0) is 0 Å². The third-order valence-electron chi connectivity index (χ3n) is 3.98. The van der Waals surface area contributed by atoms with Gasteiger partial charge in [-0.3, -0.25) is 0 Å². The highest BCUT2D eigenvalue weighted by atomic mass is 35.5. The van der Waals surface area contributed by atoms with Crippen LogP contribution in [0, 0.1) is 0 Å². The zero-order valence-corrected chi connectivity index (χ0v) is 15.2. The average Bonchev–Trinajstić information content (AvgIpc) is 2.55. The van der Waals surface area contributed by atoms with Gasteiger partial charge in [-0.15, -0.1) is 12.4 Å². The topological polar surface area (TPSA) is 15.7 Å². The fourth-order valence-corrected chi connectivity index (χ4v) is 2.64. The molecule has 0 aromatic heterocycles. The van der Waals surface area contributed by atoms with Gasteiger partial charge in [-0.2, -0.15) is 0 Å². The molecule has 0 aliphatic heterocycles. The van der Waals surface area contributed by atoms with Crippen molar-refractivity contribution in [3.05, 3.63) is 60.2 Å². The van der Waals surface area contributed by atoms with Crippen molar-refractivity contribution in [1.29, 1.82) is 0 Å². The Hall–Kier alpha value is -1.71. The molecule has 2 rings (SSSR count). The Morgan fingerprint density at radius 2 is 1.52 bits per heavy atom. The van der Waals surface area contributed by atoms with Gasteiger partial charge < -0.3 is 14.5 Å². The smallest absolute Gasteiger partial charge is 0.119 e. The molecule has 1 atom stereocenters. The first-order valence-electron chi connectivity index (χ1n) is 7.68. The molecule has 0 radical (unpaired) electrons. The van der Waals surface area contributed by atoms with Crippen molar-refractivity contribution in [2.24, 2.45) is 0 Å². The van der Waals surface area contributed by atoms with Gasteiger partial charge >= 0.3 is 0 Å². The summed E-state index contributed by atoms with van der Waals surface area (Å²) in [5.74, 6) is 0.890. The van der Waals surface area contributed by atoms with Crippen molar-refractivity contribution >= 4 is 18.1 Å². The summed E-state index contributed by atoms with van der Waals surface area (Å²) in [7, 11) is 8.10. The molecule has 0 amide bonds. The minimum absolute atomic E-state index is 0. The van der Waals surface area contributed by atoms with Crippen molar-refractivity contribution in [1.82, 2.24) is 4.90 Å². The molecule has 0 heterocycles. The summed E-state index contributed by atoms with van der Waals surface area (Å²) >= 11 is 0. The van der Waals surface area contributed by atoms with E-state index in [0.717, 1.165) is 18.7 Å². The van der Waals surface area contributed by atoms with Crippen molar-refractivity contribution in [2.45, 2.75) is 12.5 Å². The molecule has 0 bridgehead atoms. The zero-order chi connectivity index (χ0) is 15.9. The van der Waals surface area contributed by atoms with Gasteiger partial charge in [-0.05, 0) is 56.9 Å². The summed E-state index contributed by atoms with van der Waals surface area (Å²) in [6.45, 7) is 1.06. The van der Waals surface area contributed by atoms with Crippen molar-refractivity contribution in [3.63, 3.8) is 0 Å². The minimum Gasteiger partial charge on any atom is -0.497 e. The van der Waals surface area contributed by atoms with E-state index in [1.165, 1.54) is 11.3 Å². The third-order valence-corrected chi connectivity index (χ3v) is 3.98. The second-order valence-electron chi connectivity index (χ2n) is 5.83. The summed E-state index contributed by atoms with van der Waals surface area (Å²) < 4.78 is 5.25. The van der Waals surface area contributed by atoms with Crippen molar-refractivity contribution < 1.29 is 4.74 Å². The Labute approximate surface area is 146 Å². The second kappa shape index (κ2) is 9.43. The molecule has 0 aliphatic rings. The molecule has 0 N–H and O–H groups in total. The van der Waals surface area contributed by atoms with E-state index >= 15 is 0 Å². The predicted octanol–water partition coefficient (Wildman–Crippen LogP) is 4.25. The lowest BCUT2D eigenvalue weighted by Gasteiger charge is -2.31. The molecule has 2 aromatic carbocycles. The SMILES string of the molecule is COc1ccc(N(C)C(CCN(C)C)c2ccccc2)cc1.Cl. The first-order chi connectivity index (χ1) is 10.6. The molecule has 0 fully saturated rings. The van der Waals surface area contributed by atoms with Crippen molar-refractivity contribution in [2.75, 3.05) is 39.7 Å². The monoisotopic (exact) mass is 334 g/mol. The summed E-state index contributed by atoms with van der Waals surface area (Å²) in [5, 5.41) is 0. The molecule has 126 valence electrons. The van der Waals surface area contributed by atoms with E-state index in [-0.39, 0.29) is 12.4 Å². The van der Waals surface area contributed by atoms with Crippen LogP contribution >= 0.6 is 12.4 Å². The Bertz CT molecular complexity index is 557. The number of hydrogen-bond donors (Lipinski definition) is 0. The quantitative estimate of drug-likeness (QED) is 0.753. The maximum Gasteiger partial charge on any atom is 0.119 e. The van der Waals surface area contributed by atoms with E-state index < -0.39 is 0 Å². The molecule has 1 unspecified atom stereocenters. The van der Waals surface area contributed by atoms with Crippen LogP contribution in [0.1, 0.15) is 18.0 Å². The number of benzene rings is 2. The zero-order valence-electron chi connectivity index (χ0n) is 14.4. The van der Waals surface area contributed by atoms with Crippen molar-refractivity contribution in [3.8, 4) is 5.75 Å². The van der Waals surface area contributed by atoms with Gasteiger partial charge in [0.1, 0.15) is 5.75 Å². The van der Waals surface area contributed by atoms with Gasteiger partial charge in [0.15, 0.2) is 0 Å². The lowest BCUT2D eigenvalue weighted by Crippen LogP contribution is -2.27. The van der Waals surface area contributed by atoms with Gasteiger partial charge in [0, 0.05) is 12.7 Å². The van der Waals surface area contributed by atoms with Gasteiger partial charge in [-0.25, -0.2) is 0 Å². The lowest BCUT2D eigenvalue weighted by atomic mass is 10.0. The largest absolute Gasteiger partial charge is 0.497 e. The van der Waals surface area contributed by atoms with Crippen LogP contribution in [0.15, 0.2) is 54.6 Å². The molecule has 0 saturated heterocycles. The van der Waals surface area contributed by atoms with Crippen LogP contribution in [0.2, 0.25) is 0 Å². The van der Waals surface area contributed by atoms with Crippen LogP contribution in [-0.4, -0.2) is 39.7 Å².